The minimum atomic E-state index is -0.333. The lowest BCUT2D eigenvalue weighted by Crippen LogP contribution is -2.19. The maximum absolute atomic E-state index is 11.9. The Kier molecular flexibility index (Phi) is 15.3. The van der Waals surface area contributed by atoms with Gasteiger partial charge in [-0.25, -0.2) is 9.59 Å². The maximum atomic E-state index is 11.9. The minimum absolute atomic E-state index is 0.239. The summed E-state index contributed by atoms with van der Waals surface area (Å²) in [6.07, 6.45) is 8.64. The third-order valence-corrected chi connectivity index (χ3v) is 5.53. The minimum Gasteiger partial charge on any atom is -0.462 e. The van der Waals surface area contributed by atoms with Crippen LogP contribution < -0.4 is 0 Å². The van der Waals surface area contributed by atoms with E-state index in [1.807, 2.05) is 24.3 Å². The monoisotopic (exact) mass is 506 g/mol. The van der Waals surface area contributed by atoms with Crippen LogP contribution in [-0.4, -0.2) is 38.4 Å². The van der Waals surface area contributed by atoms with E-state index in [2.05, 4.69) is 40.0 Å². The summed E-state index contributed by atoms with van der Waals surface area (Å²) < 4.78 is 15.4. The molecule has 2 aromatic carbocycles. The van der Waals surface area contributed by atoms with Gasteiger partial charge in [0.25, 0.3) is 0 Å². The number of rotatable bonds is 13. The van der Waals surface area contributed by atoms with Crippen LogP contribution in [0.3, 0.4) is 0 Å². The average Bonchev–Trinajstić information content (AvgIpc) is 2.89. The van der Waals surface area contributed by atoms with Gasteiger partial charge in [0.15, 0.2) is 0 Å². The molecule has 2 atom stereocenters. The van der Waals surface area contributed by atoms with Crippen molar-refractivity contribution in [1.82, 2.24) is 0 Å². The summed E-state index contributed by atoms with van der Waals surface area (Å²) in [4.78, 5) is 23.5. The van der Waals surface area contributed by atoms with Gasteiger partial charge in [-0.05, 0) is 81.3 Å². The maximum Gasteiger partial charge on any atom is 0.338 e. The molecule has 2 unspecified atom stereocenters. The van der Waals surface area contributed by atoms with Crippen molar-refractivity contribution in [2.24, 2.45) is 5.92 Å². The van der Waals surface area contributed by atoms with Gasteiger partial charge < -0.3 is 14.2 Å². The Morgan fingerprint density at radius 1 is 0.838 bits per heavy atom. The molecular weight excluding hydrogens is 464 g/mol. The highest BCUT2D eigenvalue weighted by atomic mass is 16.6. The van der Waals surface area contributed by atoms with E-state index in [1.54, 1.807) is 50.5 Å². The van der Waals surface area contributed by atoms with Crippen molar-refractivity contribution >= 4 is 24.1 Å². The van der Waals surface area contributed by atoms with Crippen molar-refractivity contribution in [3.63, 3.8) is 0 Å². The van der Waals surface area contributed by atoms with Crippen LogP contribution in [0.15, 0.2) is 73.3 Å². The van der Waals surface area contributed by atoms with Gasteiger partial charge in [-0.2, -0.15) is 0 Å². The molecule has 0 aromatic heterocycles. The third-order valence-electron chi connectivity index (χ3n) is 5.53. The quantitative estimate of drug-likeness (QED) is 0.205. The van der Waals surface area contributed by atoms with E-state index in [0.29, 0.717) is 30.3 Å². The molecule has 0 fully saturated rings. The zero-order valence-corrected chi connectivity index (χ0v) is 23.0. The van der Waals surface area contributed by atoms with E-state index in [4.69, 9.17) is 14.2 Å². The Balaban J connectivity index is 0.000000384. The lowest BCUT2D eigenvalue weighted by molar-refractivity contribution is 0.0120. The summed E-state index contributed by atoms with van der Waals surface area (Å²) in [6, 6.07) is 14.4. The number of benzene rings is 2. The van der Waals surface area contributed by atoms with Crippen LogP contribution in [-0.2, 0) is 14.2 Å². The van der Waals surface area contributed by atoms with Crippen LogP contribution in [0.1, 0.15) is 78.8 Å². The van der Waals surface area contributed by atoms with E-state index in [-0.39, 0.29) is 18.0 Å². The number of esters is 2. The lowest BCUT2D eigenvalue weighted by atomic mass is 10.0. The number of hydrogen-bond donors (Lipinski definition) is 0. The second kappa shape index (κ2) is 17.9. The predicted molar refractivity (Wildman–Crippen MR) is 153 cm³/mol. The molecule has 0 aliphatic rings. The van der Waals surface area contributed by atoms with Crippen molar-refractivity contribution in [1.29, 1.82) is 0 Å². The van der Waals surface area contributed by atoms with Crippen molar-refractivity contribution in [2.75, 3.05) is 20.3 Å². The van der Waals surface area contributed by atoms with Gasteiger partial charge in [-0.15, -0.1) is 0 Å². The molecule has 2 rings (SSSR count). The highest BCUT2D eigenvalue weighted by Crippen LogP contribution is 2.13. The van der Waals surface area contributed by atoms with Crippen LogP contribution in [0.2, 0.25) is 0 Å². The zero-order chi connectivity index (χ0) is 27.6. The number of carbonyl (C=O) groups excluding carboxylic acids is 2. The van der Waals surface area contributed by atoms with Gasteiger partial charge in [-0.3, -0.25) is 0 Å². The Morgan fingerprint density at radius 2 is 1.35 bits per heavy atom. The van der Waals surface area contributed by atoms with Crippen molar-refractivity contribution in [3.8, 4) is 0 Å². The molecule has 0 aliphatic carbocycles. The molecule has 0 saturated heterocycles. The first kappa shape index (κ1) is 31.6. The van der Waals surface area contributed by atoms with Gasteiger partial charge in [0.1, 0.15) is 6.10 Å². The summed E-state index contributed by atoms with van der Waals surface area (Å²) in [7, 11) is 1.57. The number of hydrogen-bond acceptors (Lipinski definition) is 5. The molecule has 0 saturated carbocycles. The second-order valence-electron chi connectivity index (χ2n) is 9.21. The van der Waals surface area contributed by atoms with Crippen LogP contribution in [0, 0.1) is 5.92 Å². The molecule has 5 nitrogen and oxygen atoms in total. The predicted octanol–water partition coefficient (Wildman–Crippen LogP) is 7.78. The lowest BCUT2D eigenvalue weighted by Gasteiger charge is -2.11. The van der Waals surface area contributed by atoms with Crippen molar-refractivity contribution in [2.45, 2.75) is 53.1 Å². The highest BCUT2D eigenvalue weighted by molar-refractivity contribution is 5.90. The average molecular weight is 507 g/mol. The van der Waals surface area contributed by atoms with Crippen LogP contribution in [0.5, 0.6) is 0 Å². The van der Waals surface area contributed by atoms with E-state index >= 15 is 0 Å². The third kappa shape index (κ3) is 13.4. The Morgan fingerprint density at radius 3 is 1.81 bits per heavy atom. The molecule has 0 amide bonds. The molecular formula is C32H42O5. The zero-order valence-electron chi connectivity index (χ0n) is 23.0. The topological polar surface area (TPSA) is 61.8 Å². The summed E-state index contributed by atoms with van der Waals surface area (Å²) in [5.74, 6) is -0.0150. The van der Waals surface area contributed by atoms with E-state index in [1.165, 1.54) is 5.57 Å². The summed E-state index contributed by atoms with van der Waals surface area (Å²) in [6.45, 7) is 16.4. The summed E-state index contributed by atoms with van der Waals surface area (Å²) in [5.41, 5.74) is 4.46. The fraction of sp³-hybridized carbons (Fsp3) is 0.375. The molecule has 0 heterocycles. The highest BCUT2D eigenvalue weighted by Gasteiger charge is 2.11. The second-order valence-corrected chi connectivity index (χ2v) is 9.21. The normalized spacial score (nSPS) is 11.7. The van der Waals surface area contributed by atoms with Gasteiger partial charge in [-0.1, -0.05) is 68.1 Å². The smallest absolute Gasteiger partial charge is 0.338 e. The fourth-order valence-corrected chi connectivity index (χ4v) is 3.27. The standard InChI is InChI=1S/C19H26O2.C13H16O3/c1-5-17-9-11-18(12-10-17)19(20)21-14-13-16(4)8-6-7-15(2)3;1-4-11-5-7-12(8-6-11)13(14)16-10(2)9-15-3/h5,7,9-12,16H,1,6,8,13-14H2,2-4H3;4-8,10H,1,9H2,2-3H3. The largest absolute Gasteiger partial charge is 0.462 e. The molecule has 0 bridgehead atoms. The Labute approximate surface area is 222 Å². The SMILES string of the molecule is C=Cc1ccc(C(=O)OC(C)COC)cc1.C=Cc1ccc(C(=O)OCCC(C)CCC=C(C)C)cc1. The van der Waals surface area contributed by atoms with Crippen molar-refractivity contribution < 1.29 is 23.8 Å². The van der Waals surface area contributed by atoms with Crippen LogP contribution in [0.25, 0.3) is 12.2 Å². The number of carbonyl (C=O) groups is 2. The van der Waals surface area contributed by atoms with Gasteiger partial charge >= 0.3 is 11.9 Å². The molecule has 2 aromatic rings. The van der Waals surface area contributed by atoms with Gasteiger partial charge in [0, 0.05) is 7.11 Å². The van der Waals surface area contributed by atoms with E-state index in [0.717, 1.165) is 30.4 Å². The first-order valence-electron chi connectivity index (χ1n) is 12.7. The molecule has 0 radical (unpaired) electrons. The number of allylic oxidation sites excluding steroid dienone is 2. The molecule has 0 spiro atoms. The molecule has 5 heteroatoms. The Hall–Kier alpha value is -3.44. The number of ether oxygens (including phenoxy) is 3. The van der Waals surface area contributed by atoms with Gasteiger partial charge in [0.2, 0.25) is 0 Å². The summed E-state index contributed by atoms with van der Waals surface area (Å²) >= 11 is 0. The van der Waals surface area contributed by atoms with E-state index in [9.17, 15) is 9.59 Å². The molecule has 0 aliphatic heterocycles. The van der Waals surface area contributed by atoms with E-state index < -0.39 is 0 Å². The van der Waals surface area contributed by atoms with Crippen LogP contribution in [0.4, 0.5) is 0 Å². The Bertz CT molecular complexity index is 998. The fourth-order valence-electron chi connectivity index (χ4n) is 3.27. The first-order valence-corrected chi connectivity index (χ1v) is 12.7. The van der Waals surface area contributed by atoms with Crippen molar-refractivity contribution in [3.05, 3.63) is 95.6 Å². The van der Waals surface area contributed by atoms with Crippen LogP contribution >= 0.6 is 0 Å². The first-order chi connectivity index (χ1) is 17.7. The molecule has 37 heavy (non-hydrogen) atoms. The molecule has 0 N–H and O–H groups in total. The van der Waals surface area contributed by atoms with Gasteiger partial charge in [0.05, 0.1) is 24.3 Å². The molecule has 200 valence electrons. The number of methoxy groups -OCH3 is 1. The summed E-state index contributed by atoms with van der Waals surface area (Å²) in [5, 5.41) is 0.